The van der Waals surface area contributed by atoms with E-state index >= 15 is 0 Å². The summed E-state index contributed by atoms with van der Waals surface area (Å²) in [5.74, 6) is 0. The van der Waals surface area contributed by atoms with Crippen LogP contribution in [0.4, 0.5) is 0 Å². The standard InChI is InChI=1S/C12H25NO2S/c1-12(2)8-6-4-5-7-10-13(11-9-12)16(3,14)15/h4-11H2,1-3H3. The summed E-state index contributed by atoms with van der Waals surface area (Å²) in [6.07, 6.45) is 8.19. The Labute approximate surface area is 100 Å². The molecule has 1 aliphatic heterocycles. The van der Waals surface area contributed by atoms with Crippen LogP contribution in [0.2, 0.25) is 0 Å². The van der Waals surface area contributed by atoms with Crippen molar-refractivity contribution in [3.05, 3.63) is 0 Å². The molecule has 0 spiro atoms. The van der Waals surface area contributed by atoms with E-state index in [-0.39, 0.29) is 5.41 Å². The fraction of sp³-hybridized carbons (Fsp3) is 1.00. The topological polar surface area (TPSA) is 37.4 Å². The van der Waals surface area contributed by atoms with Gasteiger partial charge in [-0.05, 0) is 24.7 Å². The Kier molecular flexibility index (Phi) is 4.80. The molecule has 96 valence electrons. The highest BCUT2D eigenvalue weighted by Gasteiger charge is 2.23. The molecule has 0 radical (unpaired) electrons. The maximum Gasteiger partial charge on any atom is 0.211 e. The molecule has 0 atom stereocenters. The molecule has 0 aromatic carbocycles. The fourth-order valence-electron chi connectivity index (χ4n) is 2.24. The van der Waals surface area contributed by atoms with Crippen LogP contribution in [0.25, 0.3) is 0 Å². The summed E-state index contributed by atoms with van der Waals surface area (Å²) in [7, 11) is -3.01. The van der Waals surface area contributed by atoms with E-state index in [1.807, 2.05) is 0 Å². The second kappa shape index (κ2) is 5.50. The van der Waals surface area contributed by atoms with Gasteiger partial charge >= 0.3 is 0 Å². The predicted octanol–water partition coefficient (Wildman–Crippen LogP) is 2.63. The van der Waals surface area contributed by atoms with Crippen molar-refractivity contribution in [1.29, 1.82) is 0 Å². The SMILES string of the molecule is CC1(C)CCCCCCN(S(C)(=O)=O)CC1. The van der Waals surface area contributed by atoms with Gasteiger partial charge in [0.1, 0.15) is 0 Å². The van der Waals surface area contributed by atoms with Gasteiger partial charge in [-0.25, -0.2) is 12.7 Å². The molecule has 1 rings (SSSR count). The molecule has 16 heavy (non-hydrogen) atoms. The first-order valence-corrected chi connectivity index (χ1v) is 8.11. The third kappa shape index (κ3) is 4.83. The maximum atomic E-state index is 11.6. The van der Waals surface area contributed by atoms with Crippen molar-refractivity contribution in [3.8, 4) is 0 Å². The van der Waals surface area contributed by atoms with Gasteiger partial charge in [-0.2, -0.15) is 0 Å². The Morgan fingerprint density at radius 1 is 0.938 bits per heavy atom. The zero-order valence-corrected chi connectivity index (χ0v) is 11.6. The van der Waals surface area contributed by atoms with Crippen molar-refractivity contribution >= 4 is 10.0 Å². The van der Waals surface area contributed by atoms with Gasteiger partial charge in [-0.3, -0.25) is 0 Å². The van der Waals surface area contributed by atoms with Crippen molar-refractivity contribution in [2.75, 3.05) is 19.3 Å². The minimum atomic E-state index is -3.01. The van der Waals surface area contributed by atoms with E-state index < -0.39 is 10.0 Å². The van der Waals surface area contributed by atoms with Gasteiger partial charge in [-0.15, -0.1) is 0 Å². The first-order chi connectivity index (χ1) is 7.31. The monoisotopic (exact) mass is 247 g/mol. The van der Waals surface area contributed by atoms with Gasteiger partial charge in [0.2, 0.25) is 10.0 Å². The molecule has 4 heteroatoms. The summed E-state index contributed by atoms with van der Waals surface area (Å²) in [5, 5.41) is 0. The van der Waals surface area contributed by atoms with Crippen molar-refractivity contribution in [2.24, 2.45) is 5.41 Å². The largest absolute Gasteiger partial charge is 0.213 e. The zero-order valence-electron chi connectivity index (χ0n) is 10.8. The van der Waals surface area contributed by atoms with Gasteiger partial charge in [-0.1, -0.05) is 33.1 Å². The van der Waals surface area contributed by atoms with Gasteiger partial charge < -0.3 is 0 Å². The van der Waals surface area contributed by atoms with Gasteiger partial charge in [0.15, 0.2) is 0 Å². The van der Waals surface area contributed by atoms with Gasteiger partial charge in [0, 0.05) is 13.1 Å². The van der Waals surface area contributed by atoms with Gasteiger partial charge in [0.25, 0.3) is 0 Å². The molecule has 0 saturated carbocycles. The molecule has 1 saturated heterocycles. The molecule has 0 bridgehead atoms. The summed E-state index contributed by atoms with van der Waals surface area (Å²) >= 11 is 0. The Balaban J connectivity index is 2.66. The summed E-state index contributed by atoms with van der Waals surface area (Å²) in [6.45, 7) is 5.88. The molecule has 0 amide bonds. The van der Waals surface area contributed by atoms with E-state index in [1.54, 1.807) is 4.31 Å². The van der Waals surface area contributed by atoms with Crippen molar-refractivity contribution in [3.63, 3.8) is 0 Å². The minimum Gasteiger partial charge on any atom is -0.213 e. The normalized spacial score (nSPS) is 25.2. The average molecular weight is 247 g/mol. The summed E-state index contributed by atoms with van der Waals surface area (Å²) in [6, 6.07) is 0. The Morgan fingerprint density at radius 3 is 2.19 bits per heavy atom. The third-order valence-corrected chi connectivity index (χ3v) is 4.82. The van der Waals surface area contributed by atoms with Crippen LogP contribution in [-0.2, 0) is 10.0 Å². The van der Waals surface area contributed by atoms with Crippen molar-refractivity contribution in [2.45, 2.75) is 52.4 Å². The molecule has 1 aliphatic rings. The number of hydrogen-bond acceptors (Lipinski definition) is 2. The fourth-order valence-corrected chi connectivity index (χ4v) is 3.12. The van der Waals surface area contributed by atoms with Crippen LogP contribution < -0.4 is 0 Å². The van der Waals surface area contributed by atoms with Crippen LogP contribution in [0.15, 0.2) is 0 Å². The molecule has 1 fully saturated rings. The number of nitrogens with zero attached hydrogens (tertiary/aromatic N) is 1. The Bertz CT molecular complexity index is 309. The quantitative estimate of drug-likeness (QED) is 0.714. The van der Waals surface area contributed by atoms with E-state index in [4.69, 9.17) is 0 Å². The lowest BCUT2D eigenvalue weighted by molar-refractivity contribution is 0.248. The lowest BCUT2D eigenvalue weighted by Gasteiger charge is -2.29. The van der Waals surface area contributed by atoms with E-state index in [1.165, 1.54) is 25.5 Å². The van der Waals surface area contributed by atoms with E-state index in [2.05, 4.69) is 13.8 Å². The highest BCUT2D eigenvalue weighted by Crippen LogP contribution is 2.29. The maximum absolute atomic E-state index is 11.6. The highest BCUT2D eigenvalue weighted by atomic mass is 32.2. The van der Waals surface area contributed by atoms with E-state index in [0.717, 1.165) is 19.3 Å². The second-order valence-electron chi connectivity index (χ2n) is 5.74. The molecular formula is C12H25NO2S. The Hall–Kier alpha value is -0.0900. The van der Waals surface area contributed by atoms with E-state index in [9.17, 15) is 8.42 Å². The van der Waals surface area contributed by atoms with Crippen molar-refractivity contribution in [1.82, 2.24) is 4.31 Å². The molecule has 1 heterocycles. The molecular weight excluding hydrogens is 222 g/mol. The lowest BCUT2D eigenvalue weighted by atomic mass is 9.83. The summed E-state index contributed by atoms with van der Waals surface area (Å²) in [5.41, 5.74) is 0.278. The zero-order chi connectivity index (χ0) is 12.2. The minimum absolute atomic E-state index is 0.278. The number of sulfonamides is 1. The molecule has 0 aromatic rings. The third-order valence-electron chi connectivity index (χ3n) is 3.52. The van der Waals surface area contributed by atoms with E-state index in [0.29, 0.717) is 13.1 Å². The Morgan fingerprint density at radius 2 is 1.56 bits per heavy atom. The number of hydrogen-bond donors (Lipinski definition) is 0. The van der Waals surface area contributed by atoms with Crippen molar-refractivity contribution < 1.29 is 8.42 Å². The molecule has 3 nitrogen and oxygen atoms in total. The molecule has 0 N–H and O–H groups in total. The van der Waals surface area contributed by atoms with Gasteiger partial charge in [0.05, 0.1) is 6.26 Å². The molecule has 0 aliphatic carbocycles. The van der Waals surface area contributed by atoms with Crippen LogP contribution in [0, 0.1) is 5.41 Å². The smallest absolute Gasteiger partial charge is 0.211 e. The second-order valence-corrected chi connectivity index (χ2v) is 7.72. The molecule has 0 unspecified atom stereocenters. The number of rotatable bonds is 1. The average Bonchev–Trinajstić information content (AvgIpc) is 2.13. The first-order valence-electron chi connectivity index (χ1n) is 6.26. The van der Waals surface area contributed by atoms with Crippen LogP contribution in [0.5, 0.6) is 0 Å². The van der Waals surface area contributed by atoms with Crippen LogP contribution in [-0.4, -0.2) is 32.1 Å². The molecule has 0 aromatic heterocycles. The van der Waals surface area contributed by atoms with Crippen LogP contribution in [0.1, 0.15) is 52.4 Å². The first kappa shape index (κ1) is 14.0. The summed E-state index contributed by atoms with van der Waals surface area (Å²) in [4.78, 5) is 0. The summed E-state index contributed by atoms with van der Waals surface area (Å²) < 4.78 is 24.8. The van der Waals surface area contributed by atoms with Crippen LogP contribution in [0.3, 0.4) is 0 Å². The predicted molar refractivity (Wildman–Crippen MR) is 67.9 cm³/mol. The van der Waals surface area contributed by atoms with Crippen LogP contribution >= 0.6 is 0 Å². The highest BCUT2D eigenvalue weighted by molar-refractivity contribution is 7.88. The lowest BCUT2D eigenvalue weighted by Crippen LogP contribution is -2.34.